The van der Waals surface area contributed by atoms with Gasteiger partial charge >= 0.3 is 0 Å². The van der Waals surface area contributed by atoms with Crippen LogP contribution in [-0.4, -0.2) is 33.7 Å². The van der Waals surface area contributed by atoms with Crippen molar-refractivity contribution >= 4 is 46.0 Å². The predicted octanol–water partition coefficient (Wildman–Crippen LogP) is 5.13. The standard InChI is InChI=1S/C23H22N2O5S2/c1-4-7-17-10-16(13-20-22(26)24(5-2)23(31)32-20)12-19(29-3)21(17)30-14-15-8-6-9-18(11-15)25(27)28/h4,6,8-13H,1,5,7,14H2,2-3H3. The van der Waals surface area contributed by atoms with Crippen molar-refractivity contribution < 1.29 is 19.2 Å². The number of ether oxygens (including phenoxy) is 2. The van der Waals surface area contributed by atoms with E-state index in [4.69, 9.17) is 21.7 Å². The number of allylic oxidation sites excluding steroid dienone is 1. The Labute approximate surface area is 195 Å². The van der Waals surface area contributed by atoms with E-state index in [0.717, 1.165) is 11.1 Å². The average Bonchev–Trinajstić information content (AvgIpc) is 3.05. The molecule has 0 bridgehead atoms. The molecule has 32 heavy (non-hydrogen) atoms. The molecule has 0 unspecified atom stereocenters. The minimum Gasteiger partial charge on any atom is -0.493 e. The Morgan fingerprint density at radius 2 is 2.09 bits per heavy atom. The molecule has 3 rings (SSSR count). The summed E-state index contributed by atoms with van der Waals surface area (Å²) in [5.74, 6) is 0.905. The first kappa shape index (κ1) is 23.5. The Balaban J connectivity index is 1.92. The first-order valence-electron chi connectivity index (χ1n) is 9.81. The Bertz CT molecular complexity index is 1110. The van der Waals surface area contributed by atoms with Crippen LogP contribution in [0.25, 0.3) is 6.08 Å². The van der Waals surface area contributed by atoms with Crippen LogP contribution in [0.15, 0.2) is 54.0 Å². The maximum atomic E-state index is 12.5. The molecule has 166 valence electrons. The van der Waals surface area contributed by atoms with E-state index in [1.807, 2.05) is 13.0 Å². The van der Waals surface area contributed by atoms with Crippen molar-refractivity contribution in [2.45, 2.75) is 20.0 Å². The van der Waals surface area contributed by atoms with E-state index >= 15 is 0 Å². The number of methoxy groups -OCH3 is 1. The maximum Gasteiger partial charge on any atom is 0.269 e. The molecular weight excluding hydrogens is 448 g/mol. The SMILES string of the molecule is C=CCc1cc(C=C2SC(=S)N(CC)C2=O)cc(OC)c1OCc1cccc([N+](=O)[O-])c1. The summed E-state index contributed by atoms with van der Waals surface area (Å²) in [7, 11) is 1.54. The van der Waals surface area contributed by atoms with E-state index in [1.165, 1.54) is 31.0 Å². The molecule has 2 aromatic rings. The number of hydrogen-bond donors (Lipinski definition) is 0. The normalized spacial score (nSPS) is 14.7. The zero-order valence-electron chi connectivity index (χ0n) is 17.7. The second-order valence-electron chi connectivity index (χ2n) is 6.85. The number of likely N-dealkylation sites (N-methyl/N-ethyl adjacent to an activating group) is 1. The Kier molecular flexibility index (Phi) is 7.66. The van der Waals surface area contributed by atoms with Gasteiger partial charge in [-0.05, 0) is 42.7 Å². The van der Waals surface area contributed by atoms with E-state index < -0.39 is 4.92 Å². The highest BCUT2D eigenvalue weighted by molar-refractivity contribution is 8.26. The largest absolute Gasteiger partial charge is 0.493 e. The number of nitrogens with zero attached hydrogens (tertiary/aromatic N) is 2. The number of hydrogen-bond acceptors (Lipinski definition) is 7. The highest BCUT2D eigenvalue weighted by atomic mass is 32.2. The van der Waals surface area contributed by atoms with Gasteiger partial charge in [0.15, 0.2) is 11.5 Å². The summed E-state index contributed by atoms with van der Waals surface area (Å²) in [4.78, 5) is 25.2. The molecule has 0 aliphatic carbocycles. The fraction of sp³-hybridized carbons (Fsp3) is 0.217. The van der Waals surface area contributed by atoms with Gasteiger partial charge in [0.25, 0.3) is 11.6 Å². The first-order chi connectivity index (χ1) is 15.4. The van der Waals surface area contributed by atoms with Crippen LogP contribution in [0, 0.1) is 10.1 Å². The van der Waals surface area contributed by atoms with E-state index in [0.29, 0.717) is 39.3 Å². The number of carbonyl (C=O) groups is 1. The molecule has 0 spiro atoms. The van der Waals surface area contributed by atoms with Gasteiger partial charge in [0.05, 0.1) is 16.9 Å². The minimum atomic E-state index is -0.441. The van der Waals surface area contributed by atoms with E-state index in [2.05, 4.69) is 6.58 Å². The Morgan fingerprint density at radius 3 is 2.72 bits per heavy atom. The molecule has 1 saturated heterocycles. The number of thiocarbonyl (C=S) groups is 1. The van der Waals surface area contributed by atoms with Crippen LogP contribution < -0.4 is 9.47 Å². The molecule has 0 saturated carbocycles. The van der Waals surface area contributed by atoms with E-state index in [9.17, 15) is 14.9 Å². The third kappa shape index (κ3) is 5.17. The molecule has 1 fully saturated rings. The molecule has 0 N–H and O–H groups in total. The summed E-state index contributed by atoms with van der Waals surface area (Å²) < 4.78 is 12.1. The molecule has 1 heterocycles. The number of nitro groups is 1. The summed E-state index contributed by atoms with van der Waals surface area (Å²) in [5.41, 5.74) is 2.27. The topological polar surface area (TPSA) is 81.9 Å². The summed E-state index contributed by atoms with van der Waals surface area (Å²) >= 11 is 6.55. The third-order valence-corrected chi connectivity index (χ3v) is 6.11. The molecule has 2 aromatic carbocycles. The molecule has 9 heteroatoms. The molecule has 0 atom stereocenters. The highest BCUT2D eigenvalue weighted by Crippen LogP contribution is 2.37. The van der Waals surface area contributed by atoms with Gasteiger partial charge in [0.2, 0.25) is 0 Å². The molecular formula is C23H22N2O5S2. The summed E-state index contributed by atoms with van der Waals surface area (Å²) in [6.07, 6.45) is 4.04. The van der Waals surface area contributed by atoms with Crippen molar-refractivity contribution in [3.05, 3.63) is 80.8 Å². The first-order valence-corrected chi connectivity index (χ1v) is 11.0. The van der Waals surface area contributed by atoms with Crippen LogP contribution in [-0.2, 0) is 17.8 Å². The smallest absolute Gasteiger partial charge is 0.269 e. The lowest BCUT2D eigenvalue weighted by molar-refractivity contribution is -0.384. The van der Waals surface area contributed by atoms with Crippen molar-refractivity contribution in [1.29, 1.82) is 0 Å². The second-order valence-corrected chi connectivity index (χ2v) is 8.52. The maximum absolute atomic E-state index is 12.5. The van der Waals surface area contributed by atoms with Crippen molar-refractivity contribution in [3.8, 4) is 11.5 Å². The summed E-state index contributed by atoms with van der Waals surface area (Å²) in [6, 6.07) is 9.98. The number of thioether (sulfide) groups is 1. The van der Waals surface area contributed by atoms with Crippen LogP contribution in [0.5, 0.6) is 11.5 Å². The lowest BCUT2D eigenvalue weighted by Crippen LogP contribution is -2.27. The molecule has 7 nitrogen and oxygen atoms in total. The number of non-ortho nitro benzene ring substituents is 1. The zero-order valence-corrected chi connectivity index (χ0v) is 19.3. The zero-order chi connectivity index (χ0) is 23.3. The van der Waals surface area contributed by atoms with Gasteiger partial charge in [-0.15, -0.1) is 6.58 Å². The van der Waals surface area contributed by atoms with Crippen molar-refractivity contribution in [2.24, 2.45) is 0 Å². The minimum absolute atomic E-state index is 0.00382. The van der Waals surface area contributed by atoms with E-state index in [1.54, 1.807) is 35.3 Å². The quantitative estimate of drug-likeness (QED) is 0.165. The number of carbonyl (C=O) groups excluding carboxylic acids is 1. The summed E-state index contributed by atoms with van der Waals surface area (Å²) in [6.45, 7) is 6.35. The fourth-order valence-corrected chi connectivity index (χ4v) is 4.61. The van der Waals surface area contributed by atoms with Gasteiger partial charge in [-0.3, -0.25) is 19.8 Å². The fourth-order valence-electron chi connectivity index (χ4n) is 3.23. The molecule has 1 aliphatic heterocycles. The number of amides is 1. The van der Waals surface area contributed by atoms with Crippen molar-refractivity contribution in [1.82, 2.24) is 4.90 Å². The average molecular weight is 471 g/mol. The van der Waals surface area contributed by atoms with Gasteiger partial charge in [-0.1, -0.05) is 42.2 Å². The van der Waals surface area contributed by atoms with Gasteiger partial charge in [-0.25, -0.2) is 0 Å². The molecule has 1 amide bonds. The monoisotopic (exact) mass is 470 g/mol. The number of nitro benzene ring substituents is 1. The van der Waals surface area contributed by atoms with Crippen LogP contribution in [0.2, 0.25) is 0 Å². The van der Waals surface area contributed by atoms with Crippen LogP contribution >= 0.6 is 24.0 Å². The van der Waals surface area contributed by atoms with Gasteiger partial charge in [0.1, 0.15) is 10.9 Å². The Morgan fingerprint density at radius 1 is 1.31 bits per heavy atom. The van der Waals surface area contributed by atoms with Gasteiger partial charge < -0.3 is 9.47 Å². The van der Waals surface area contributed by atoms with E-state index in [-0.39, 0.29) is 18.2 Å². The van der Waals surface area contributed by atoms with Crippen LogP contribution in [0.1, 0.15) is 23.6 Å². The van der Waals surface area contributed by atoms with Crippen molar-refractivity contribution in [3.63, 3.8) is 0 Å². The van der Waals surface area contributed by atoms with Gasteiger partial charge in [-0.2, -0.15) is 0 Å². The predicted molar refractivity (Wildman–Crippen MR) is 130 cm³/mol. The molecule has 1 aliphatic rings. The summed E-state index contributed by atoms with van der Waals surface area (Å²) in [5, 5.41) is 11.0. The van der Waals surface area contributed by atoms with Crippen LogP contribution in [0.3, 0.4) is 0 Å². The van der Waals surface area contributed by atoms with Gasteiger partial charge in [0, 0.05) is 24.2 Å². The number of benzene rings is 2. The third-order valence-electron chi connectivity index (χ3n) is 4.73. The van der Waals surface area contributed by atoms with Crippen LogP contribution in [0.4, 0.5) is 5.69 Å². The highest BCUT2D eigenvalue weighted by Gasteiger charge is 2.30. The second kappa shape index (κ2) is 10.4. The molecule has 0 aromatic heterocycles. The number of rotatable bonds is 9. The Hall–Kier alpha value is -3.17. The lowest BCUT2D eigenvalue weighted by atomic mass is 10.0. The molecule has 0 radical (unpaired) electrons. The van der Waals surface area contributed by atoms with Crippen molar-refractivity contribution in [2.75, 3.05) is 13.7 Å². The lowest BCUT2D eigenvalue weighted by Gasteiger charge is -2.16.